The Labute approximate surface area is 532 Å². The van der Waals surface area contributed by atoms with Gasteiger partial charge in [-0.25, -0.2) is 20.8 Å². The quantitative estimate of drug-likeness (QED) is 0.0815. The number of ketones is 1. The van der Waals surface area contributed by atoms with Crippen molar-refractivity contribution in [3.8, 4) is 0 Å². The topological polar surface area (TPSA) is 200 Å². The number of hydrazine groups is 1. The van der Waals surface area contributed by atoms with Crippen molar-refractivity contribution in [3.63, 3.8) is 0 Å². The molecular weight excluding hydrogens is 1280 g/mol. The van der Waals surface area contributed by atoms with Crippen LogP contribution in [0.2, 0.25) is 0 Å². The van der Waals surface area contributed by atoms with Gasteiger partial charge in [0.05, 0.1) is 81.4 Å². The summed E-state index contributed by atoms with van der Waals surface area (Å²) in [6.45, 7) is 19.6. The lowest BCUT2D eigenvalue weighted by Gasteiger charge is -2.35. The van der Waals surface area contributed by atoms with E-state index in [0.29, 0.717) is 54.6 Å². The minimum Gasteiger partial charge on any atom is -0.393 e. The molecule has 1 unspecified atom stereocenters. The van der Waals surface area contributed by atoms with Crippen LogP contribution in [-0.4, -0.2) is 143 Å². The summed E-state index contributed by atoms with van der Waals surface area (Å²) in [4.78, 5) is 23.9. The van der Waals surface area contributed by atoms with E-state index >= 15 is 0 Å². The zero-order chi connectivity index (χ0) is 61.7. The van der Waals surface area contributed by atoms with Crippen molar-refractivity contribution in [2.75, 3.05) is 50.5 Å². The molecule has 3 N–H and O–H groups in total. The molecule has 21 heteroatoms. The van der Waals surface area contributed by atoms with E-state index < -0.39 is 0 Å². The first-order valence-corrected chi connectivity index (χ1v) is 33.4. The number of aryl methyl sites for hydroxylation is 1. The molecule has 6 fully saturated rings. The number of halogens is 3. The van der Waals surface area contributed by atoms with Crippen molar-refractivity contribution in [2.45, 2.75) is 244 Å². The number of aliphatic hydroxyl groups is 1. The van der Waals surface area contributed by atoms with Gasteiger partial charge in [0, 0.05) is 82.9 Å². The monoisotopic (exact) mass is 1380 g/mol. The van der Waals surface area contributed by atoms with Crippen molar-refractivity contribution in [1.29, 1.82) is 0 Å². The Morgan fingerprint density at radius 1 is 0.588 bits per heavy atom. The molecule has 85 heavy (non-hydrogen) atoms. The van der Waals surface area contributed by atoms with Crippen molar-refractivity contribution in [2.24, 2.45) is 18.0 Å². The number of hydrogen-bond acceptors (Lipinski definition) is 17. The highest BCUT2D eigenvalue weighted by atomic mass is 79.9. The number of nitrogens with zero attached hydrogens (tertiary/aromatic N) is 7. The average molecular weight is 1380 g/mol. The molecule has 476 valence electrons. The van der Waals surface area contributed by atoms with E-state index in [1.807, 2.05) is 68.4 Å². The highest BCUT2D eigenvalue weighted by molar-refractivity contribution is 9.11. The van der Waals surface area contributed by atoms with Crippen molar-refractivity contribution >= 4 is 82.0 Å². The molecule has 2 spiro atoms. The Morgan fingerprint density at radius 2 is 1.01 bits per heavy atom. The number of nitrogens with two attached hydrogens (primary N) is 1. The number of hydrogen-bond donors (Lipinski definition) is 2. The maximum absolute atomic E-state index is 10.8. The number of carbonyl (C=O) groups is 1. The SMILES string of the molecule is CC(C)OC1CCC(=NN(C)c2cccc(Br)n2)CC1.CC(C)OC1CCC(=O)CC1.CC(C)OC1CCC2(CC1)OCCO2.CC(C)OC1CCc2c(c3ccc(Br)nc3n2C)C1.CN(N)c1cccc(Br)n1.OC1CCC2(CC1)OCCO2. The second-order valence-corrected chi connectivity index (χ2v) is 26.6. The second-order valence-electron chi connectivity index (χ2n) is 24.1. The molecule has 2 saturated heterocycles. The summed E-state index contributed by atoms with van der Waals surface area (Å²) in [5.41, 5.74) is 5.15. The number of anilines is 2. The summed E-state index contributed by atoms with van der Waals surface area (Å²) >= 11 is 10.1. The van der Waals surface area contributed by atoms with Crippen LogP contribution in [0, 0.1) is 0 Å². The third kappa shape index (κ3) is 24.0. The lowest BCUT2D eigenvalue weighted by atomic mass is 9.91. The number of Topliss-reactive ketones (excluding diaryl/α,β-unsaturated/α-hetero) is 1. The second kappa shape index (κ2) is 35.4. The van der Waals surface area contributed by atoms with E-state index in [1.165, 1.54) is 27.4 Å². The Hall–Kier alpha value is -3.03. The van der Waals surface area contributed by atoms with Crippen LogP contribution in [0.1, 0.15) is 176 Å². The van der Waals surface area contributed by atoms with Crippen LogP contribution < -0.4 is 15.9 Å². The molecule has 4 saturated carbocycles. The first kappa shape index (κ1) is 71.1. The van der Waals surface area contributed by atoms with Crippen LogP contribution in [0.15, 0.2) is 67.4 Å². The summed E-state index contributed by atoms with van der Waals surface area (Å²) in [6, 6.07) is 15.6. The van der Waals surface area contributed by atoms with Crippen molar-refractivity contribution in [3.05, 3.63) is 73.6 Å². The van der Waals surface area contributed by atoms with E-state index in [2.05, 4.69) is 127 Å². The lowest BCUT2D eigenvalue weighted by molar-refractivity contribution is -0.194. The molecule has 11 rings (SSSR count). The van der Waals surface area contributed by atoms with Gasteiger partial charge in [-0.15, -0.1) is 0 Å². The highest BCUT2D eigenvalue weighted by Crippen LogP contribution is 2.38. The largest absolute Gasteiger partial charge is 0.393 e. The molecule has 0 aromatic carbocycles. The number of carbonyl (C=O) groups excluding carboxylic acids is 1. The number of hydrazone groups is 1. The third-order valence-corrected chi connectivity index (χ3v) is 17.0. The molecule has 2 aliphatic heterocycles. The maximum atomic E-state index is 10.8. The van der Waals surface area contributed by atoms with Crippen LogP contribution >= 0.6 is 47.8 Å². The summed E-state index contributed by atoms with van der Waals surface area (Å²) in [6.07, 6.45) is 20.7. The smallest absolute Gasteiger partial charge is 0.168 e. The molecule has 4 aromatic heterocycles. The van der Waals surface area contributed by atoms with Gasteiger partial charge in [0.2, 0.25) is 0 Å². The van der Waals surface area contributed by atoms with Crippen LogP contribution in [0.4, 0.5) is 11.6 Å². The summed E-state index contributed by atoms with van der Waals surface area (Å²) in [5.74, 6) is 6.88. The minimum atomic E-state index is -0.306. The maximum Gasteiger partial charge on any atom is 0.168 e. The fourth-order valence-electron chi connectivity index (χ4n) is 11.7. The minimum absolute atomic E-state index is 0.131. The summed E-state index contributed by atoms with van der Waals surface area (Å²) in [5, 5.41) is 18.5. The van der Waals surface area contributed by atoms with Crippen LogP contribution in [0.25, 0.3) is 11.0 Å². The fourth-order valence-corrected chi connectivity index (χ4v) is 12.6. The molecule has 7 aliphatic rings. The Bertz CT molecular complexity index is 2620. The van der Waals surface area contributed by atoms with E-state index in [4.69, 9.17) is 43.7 Å². The molecule has 6 heterocycles. The van der Waals surface area contributed by atoms with E-state index in [9.17, 15) is 9.90 Å². The van der Waals surface area contributed by atoms with Gasteiger partial charge in [-0.1, -0.05) is 12.1 Å². The first-order chi connectivity index (χ1) is 40.5. The predicted molar refractivity (Wildman–Crippen MR) is 347 cm³/mol. The number of aromatic nitrogens is 4. The van der Waals surface area contributed by atoms with Gasteiger partial charge in [-0.2, -0.15) is 5.10 Å². The Morgan fingerprint density at radius 3 is 1.48 bits per heavy atom. The number of fused-ring (bicyclic) bond motifs is 3. The molecular formula is C64H99Br3N8O10. The zero-order valence-corrected chi connectivity index (χ0v) is 57.3. The Balaban J connectivity index is 0.000000167. The van der Waals surface area contributed by atoms with Gasteiger partial charge in [-0.3, -0.25) is 14.8 Å². The van der Waals surface area contributed by atoms with Gasteiger partial charge in [0.15, 0.2) is 11.6 Å². The fraction of sp³-hybridized carbons (Fsp3) is 0.703. The molecule has 5 aliphatic carbocycles. The normalized spacial score (nSPS) is 21.9. The van der Waals surface area contributed by atoms with Crippen LogP contribution in [0.3, 0.4) is 0 Å². The lowest BCUT2D eigenvalue weighted by Crippen LogP contribution is -2.38. The number of aliphatic hydroxyl groups excluding tert-OH is 1. The Kier molecular flexibility index (Phi) is 29.6. The van der Waals surface area contributed by atoms with Gasteiger partial charge in [-0.05, 0) is 222 Å². The van der Waals surface area contributed by atoms with Gasteiger partial charge in [0.1, 0.15) is 36.9 Å². The number of pyridine rings is 3. The molecule has 18 nitrogen and oxygen atoms in total. The van der Waals surface area contributed by atoms with E-state index in [-0.39, 0.29) is 17.7 Å². The van der Waals surface area contributed by atoms with Crippen molar-refractivity contribution in [1.82, 2.24) is 19.5 Å². The predicted octanol–water partition coefficient (Wildman–Crippen LogP) is 13.5. The first-order valence-electron chi connectivity index (χ1n) is 31.0. The molecule has 0 amide bonds. The van der Waals surface area contributed by atoms with E-state index in [1.54, 1.807) is 7.05 Å². The van der Waals surface area contributed by atoms with Gasteiger partial charge < -0.3 is 47.6 Å². The van der Waals surface area contributed by atoms with Gasteiger partial charge in [0.25, 0.3) is 0 Å². The van der Waals surface area contributed by atoms with Crippen LogP contribution in [0.5, 0.6) is 0 Å². The molecule has 1 atom stereocenters. The molecule has 0 radical (unpaired) electrons. The summed E-state index contributed by atoms with van der Waals surface area (Å²) < 4.78 is 50.3. The van der Waals surface area contributed by atoms with Crippen molar-refractivity contribution < 1.29 is 47.8 Å². The highest BCUT2D eigenvalue weighted by Gasteiger charge is 2.41. The van der Waals surface area contributed by atoms with Gasteiger partial charge >= 0.3 is 0 Å². The standard InChI is InChI=1S/C15H22BrN3O.C15H19BrN2O.C11H20O3.C9H16O2.C8H14O3.C6H8BrN3/c1-11(2)20-13-9-7-12(8-10-13)18-19(3)15-6-4-5-14(16)17-15;1-9(2)19-10-4-6-13-12(8-10)11-5-7-14(16)17-15(11)18(13)3;1-9(2)14-10-3-5-11(6-4-10)12-7-8-13-11;1-7(2)11-9-5-3-8(10)4-6-9;9-7-1-3-8(4-2-7)10-5-6-11-8;1-10(8)6-4-2-3-5(7)9-6/h4-6,11,13H,7-10H2,1-3H3;5,7,9-10H,4,6,8H2,1-3H3;9-10H,3-8H2,1-2H3;7,9H,3-6H2,1-2H3;7,9H,1-6H2;2-4H,8H2,1H3. The zero-order valence-electron chi connectivity index (χ0n) is 52.5. The number of ether oxygens (including phenoxy) is 8. The molecule has 4 aromatic rings. The van der Waals surface area contributed by atoms with Crippen LogP contribution in [-0.2, 0) is 62.6 Å². The average Bonchev–Trinajstić information content (AvgIpc) is 2.23. The number of rotatable bonds is 11. The summed E-state index contributed by atoms with van der Waals surface area (Å²) in [7, 11) is 5.80. The third-order valence-electron chi connectivity index (χ3n) is 15.7. The molecule has 0 bridgehead atoms. The van der Waals surface area contributed by atoms with E-state index in [0.717, 1.165) is 180 Å².